The maximum absolute atomic E-state index is 13.7. The third-order valence-electron chi connectivity index (χ3n) is 3.35. The van der Waals surface area contributed by atoms with Gasteiger partial charge in [-0.05, 0) is 23.3 Å². The number of hydrogen-bond donors (Lipinski definition) is 1. The highest BCUT2D eigenvalue weighted by Gasteiger charge is 2.18. The molecule has 0 aliphatic carbocycles. The van der Waals surface area contributed by atoms with Crippen LogP contribution >= 0.6 is 15.9 Å². The molecule has 100 valence electrons. The molecule has 2 aromatic rings. The summed E-state index contributed by atoms with van der Waals surface area (Å²) >= 11 is 3.23. The predicted molar refractivity (Wildman–Crippen MR) is 78.7 cm³/mol. The molecule has 2 unspecified atom stereocenters. The summed E-state index contributed by atoms with van der Waals surface area (Å²) in [5, 5.41) is 10.2. The van der Waals surface area contributed by atoms with Crippen LogP contribution in [0.1, 0.15) is 24.0 Å². The maximum atomic E-state index is 13.7. The molecule has 2 atom stereocenters. The molecule has 0 amide bonds. The molecule has 0 heterocycles. The van der Waals surface area contributed by atoms with Crippen LogP contribution in [0.25, 0.3) is 0 Å². The molecule has 0 aliphatic heterocycles. The molecular formula is C16H16BrFO. The smallest absolute Gasteiger partial charge is 0.127 e. The average molecular weight is 323 g/mol. The fourth-order valence-corrected chi connectivity index (χ4v) is 2.40. The molecule has 19 heavy (non-hydrogen) atoms. The standard InChI is InChI=1S/C16H16BrFO/c1-11(12-5-3-2-4-6-12)16(19)9-13-7-8-14(17)10-15(13)18/h2-8,10-11,16,19H,9H2,1H3. The van der Waals surface area contributed by atoms with Gasteiger partial charge < -0.3 is 5.11 Å². The van der Waals surface area contributed by atoms with Gasteiger partial charge in [0, 0.05) is 16.8 Å². The Kier molecular flexibility index (Phi) is 4.72. The van der Waals surface area contributed by atoms with E-state index in [1.165, 1.54) is 6.07 Å². The van der Waals surface area contributed by atoms with Crippen LogP contribution < -0.4 is 0 Å². The van der Waals surface area contributed by atoms with Crippen molar-refractivity contribution in [3.63, 3.8) is 0 Å². The molecule has 1 nitrogen and oxygen atoms in total. The van der Waals surface area contributed by atoms with E-state index in [0.717, 1.165) is 5.56 Å². The van der Waals surface area contributed by atoms with Crippen LogP contribution in [0.2, 0.25) is 0 Å². The van der Waals surface area contributed by atoms with Crippen LogP contribution in [0.3, 0.4) is 0 Å². The van der Waals surface area contributed by atoms with Gasteiger partial charge in [0.1, 0.15) is 5.82 Å². The van der Waals surface area contributed by atoms with Gasteiger partial charge in [0.2, 0.25) is 0 Å². The Balaban J connectivity index is 2.10. The van der Waals surface area contributed by atoms with E-state index in [1.54, 1.807) is 12.1 Å². The molecule has 0 saturated carbocycles. The summed E-state index contributed by atoms with van der Waals surface area (Å²) < 4.78 is 14.4. The van der Waals surface area contributed by atoms with Crippen LogP contribution in [0.4, 0.5) is 4.39 Å². The fourth-order valence-electron chi connectivity index (χ4n) is 2.07. The minimum atomic E-state index is -0.599. The number of aliphatic hydroxyl groups is 1. The van der Waals surface area contributed by atoms with Gasteiger partial charge in [-0.3, -0.25) is 0 Å². The Morgan fingerprint density at radius 2 is 1.84 bits per heavy atom. The van der Waals surface area contributed by atoms with Gasteiger partial charge in [0.25, 0.3) is 0 Å². The molecule has 0 fully saturated rings. The van der Waals surface area contributed by atoms with Crippen LogP contribution in [-0.4, -0.2) is 11.2 Å². The molecule has 2 rings (SSSR count). The van der Waals surface area contributed by atoms with E-state index in [2.05, 4.69) is 15.9 Å². The number of aliphatic hydroxyl groups excluding tert-OH is 1. The van der Waals surface area contributed by atoms with Gasteiger partial charge in [0.15, 0.2) is 0 Å². The third-order valence-corrected chi connectivity index (χ3v) is 3.84. The van der Waals surface area contributed by atoms with Crippen LogP contribution in [0, 0.1) is 5.82 Å². The topological polar surface area (TPSA) is 20.2 Å². The van der Waals surface area contributed by atoms with Crippen molar-refractivity contribution in [2.24, 2.45) is 0 Å². The highest BCUT2D eigenvalue weighted by atomic mass is 79.9. The summed E-state index contributed by atoms with van der Waals surface area (Å²) in [7, 11) is 0. The Labute approximate surface area is 121 Å². The summed E-state index contributed by atoms with van der Waals surface area (Å²) in [5.74, 6) is -0.307. The second kappa shape index (κ2) is 6.31. The Hall–Kier alpha value is -1.19. The zero-order chi connectivity index (χ0) is 13.8. The SMILES string of the molecule is CC(c1ccccc1)C(O)Cc1ccc(Br)cc1F. The van der Waals surface area contributed by atoms with Gasteiger partial charge in [-0.2, -0.15) is 0 Å². The first-order valence-electron chi connectivity index (χ1n) is 6.25. The molecule has 0 bridgehead atoms. The zero-order valence-electron chi connectivity index (χ0n) is 10.7. The quantitative estimate of drug-likeness (QED) is 0.890. The lowest BCUT2D eigenvalue weighted by molar-refractivity contribution is 0.148. The molecule has 2 aromatic carbocycles. The molecule has 0 spiro atoms. The summed E-state index contributed by atoms with van der Waals surface area (Å²) in [6, 6.07) is 14.7. The first-order valence-corrected chi connectivity index (χ1v) is 7.04. The zero-order valence-corrected chi connectivity index (χ0v) is 12.3. The van der Waals surface area contributed by atoms with E-state index in [0.29, 0.717) is 16.5 Å². The normalized spacial score (nSPS) is 14.1. The minimum Gasteiger partial charge on any atom is -0.392 e. The second-order valence-electron chi connectivity index (χ2n) is 4.71. The van der Waals surface area contributed by atoms with Gasteiger partial charge in [-0.15, -0.1) is 0 Å². The summed E-state index contributed by atoms with van der Waals surface area (Å²) in [6.07, 6.45) is -0.284. The number of rotatable bonds is 4. The number of benzene rings is 2. The van der Waals surface area contributed by atoms with Crippen LogP contribution in [0.15, 0.2) is 53.0 Å². The largest absolute Gasteiger partial charge is 0.392 e. The van der Waals surface area contributed by atoms with Crippen molar-refractivity contribution >= 4 is 15.9 Å². The van der Waals surface area contributed by atoms with Crippen LogP contribution in [-0.2, 0) is 6.42 Å². The van der Waals surface area contributed by atoms with E-state index in [1.807, 2.05) is 37.3 Å². The highest BCUT2D eigenvalue weighted by Crippen LogP contribution is 2.23. The van der Waals surface area contributed by atoms with E-state index >= 15 is 0 Å². The number of halogens is 2. The first-order chi connectivity index (χ1) is 9.08. The first kappa shape index (κ1) is 14.2. The summed E-state index contributed by atoms with van der Waals surface area (Å²) in [4.78, 5) is 0. The highest BCUT2D eigenvalue weighted by molar-refractivity contribution is 9.10. The second-order valence-corrected chi connectivity index (χ2v) is 5.62. The van der Waals surface area contributed by atoms with Gasteiger partial charge in [-0.25, -0.2) is 4.39 Å². The van der Waals surface area contributed by atoms with E-state index in [-0.39, 0.29) is 11.7 Å². The van der Waals surface area contributed by atoms with Crippen molar-refractivity contribution in [1.82, 2.24) is 0 Å². The molecule has 0 saturated heterocycles. The van der Waals surface area contributed by atoms with Crippen molar-refractivity contribution in [2.75, 3.05) is 0 Å². The molecule has 1 N–H and O–H groups in total. The third kappa shape index (κ3) is 3.64. The van der Waals surface area contributed by atoms with Crippen molar-refractivity contribution in [1.29, 1.82) is 0 Å². The molecule has 0 radical (unpaired) electrons. The summed E-state index contributed by atoms with van der Waals surface area (Å²) in [6.45, 7) is 1.96. The number of hydrogen-bond acceptors (Lipinski definition) is 1. The van der Waals surface area contributed by atoms with Crippen molar-refractivity contribution < 1.29 is 9.50 Å². The summed E-state index contributed by atoms with van der Waals surface area (Å²) in [5.41, 5.74) is 1.60. The van der Waals surface area contributed by atoms with Crippen molar-refractivity contribution in [3.8, 4) is 0 Å². The molecule has 0 aliphatic rings. The fraction of sp³-hybridized carbons (Fsp3) is 0.250. The molecular weight excluding hydrogens is 307 g/mol. The Morgan fingerprint density at radius 3 is 2.47 bits per heavy atom. The maximum Gasteiger partial charge on any atom is 0.127 e. The van der Waals surface area contributed by atoms with Crippen molar-refractivity contribution in [3.05, 3.63) is 69.9 Å². The van der Waals surface area contributed by atoms with Gasteiger partial charge in [0.05, 0.1) is 6.10 Å². The van der Waals surface area contributed by atoms with Gasteiger partial charge >= 0.3 is 0 Å². The van der Waals surface area contributed by atoms with Crippen LogP contribution in [0.5, 0.6) is 0 Å². The monoisotopic (exact) mass is 322 g/mol. The van der Waals surface area contributed by atoms with Crippen molar-refractivity contribution in [2.45, 2.75) is 25.4 Å². The Bertz CT molecular complexity index is 542. The lowest BCUT2D eigenvalue weighted by atomic mass is 9.91. The predicted octanol–water partition coefficient (Wildman–Crippen LogP) is 4.30. The molecule has 3 heteroatoms. The van der Waals surface area contributed by atoms with Gasteiger partial charge in [-0.1, -0.05) is 59.3 Å². The lowest BCUT2D eigenvalue weighted by Crippen LogP contribution is -2.19. The minimum absolute atomic E-state index is 0.0238. The van der Waals surface area contributed by atoms with E-state index in [4.69, 9.17) is 0 Å². The van der Waals surface area contributed by atoms with E-state index < -0.39 is 6.10 Å². The molecule has 0 aromatic heterocycles. The lowest BCUT2D eigenvalue weighted by Gasteiger charge is -2.19. The van der Waals surface area contributed by atoms with E-state index in [9.17, 15) is 9.50 Å². The average Bonchev–Trinajstić information content (AvgIpc) is 2.42. The Morgan fingerprint density at radius 1 is 1.16 bits per heavy atom.